The molecule has 0 spiro atoms. The lowest BCUT2D eigenvalue weighted by molar-refractivity contribution is 0.101. The van der Waals surface area contributed by atoms with Crippen molar-refractivity contribution >= 4 is 35.1 Å². The molecule has 3 aromatic rings. The van der Waals surface area contributed by atoms with Crippen LogP contribution in [0.3, 0.4) is 0 Å². The molecule has 0 fully saturated rings. The van der Waals surface area contributed by atoms with Gasteiger partial charge < -0.3 is 9.47 Å². The summed E-state index contributed by atoms with van der Waals surface area (Å²) in [6, 6.07) is 18.5. The number of ketones is 1. The first-order valence-electron chi connectivity index (χ1n) is 9.27. The Labute approximate surface area is 179 Å². The van der Waals surface area contributed by atoms with Gasteiger partial charge in [-0.2, -0.15) is 0 Å². The number of hydrogen-bond acceptors (Lipinski definition) is 3. The molecule has 5 heteroatoms. The minimum Gasteiger partial charge on any atom is -0.489 e. The van der Waals surface area contributed by atoms with Gasteiger partial charge >= 0.3 is 0 Å². The highest BCUT2D eigenvalue weighted by molar-refractivity contribution is 6.35. The Kier molecular flexibility index (Phi) is 5.61. The maximum atomic E-state index is 12.6. The number of carbonyl (C=O) groups excluding carboxylic acids is 1. The molecule has 0 radical (unpaired) electrons. The Morgan fingerprint density at radius 1 is 1.00 bits per heavy atom. The fourth-order valence-electron chi connectivity index (χ4n) is 3.06. The van der Waals surface area contributed by atoms with Crippen molar-refractivity contribution in [3.05, 3.63) is 98.7 Å². The van der Waals surface area contributed by atoms with Crippen LogP contribution in [0.15, 0.2) is 66.4 Å². The molecule has 0 aliphatic carbocycles. The molecule has 29 heavy (non-hydrogen) atoms. The first kappa shape index (κ1) is 19.6. The van der Waals surface area contributed by atoms with Gasteiger partial charge in [-0.15, -0.1) is 0 Å². The van der Waals surface area contributed by atoms with Crippen molar-refractivity contribution in [1.29, 1.82) is 0 Å². The van der Waals surface area contributed by atoms with E-state index in [-0.39, 0.29) is 12.4 Å². The van der Waals surface area contributed by atoms with Gasteiger partial charge in [0.05, 0.1) is 5.56 Å². The Bertz CT molecular complexity index is 1100. The molecule has 3 nitrogen and oxygen atoms in total. The molecule has 0 bridgehead atoms. The van der Waals surface area contributed by atoms with Crippen molar-refractivity contribution in [2.75, 3.05) is 0 Å². The Hall–Kier alpha value is -2.75. The third-order valence-electron chi connectivity index (χ3n) is 4.74. The average Bonchev–Trinajstić information content (AvgIpc) is 3.03. The highest BCUT2D eigenvalue weighted by Crippen LogP contribution is 2.35. The van der Waals surface area contributed by atoms with Gasteiger partial charge in [-0.25, -0.2) is 0 Å². The summed E-state index contributed by atoms with van der Waals surface area (Å²) in [6.07, 6.45) is 2.73. The van der Waals surface area contributed by atoms with Crippen LogP contribution in [0.1, 0.15) is 34.0 Å². The Balaban J connectivity index is 1.50. The van der Waals surface area contributed by atoms with E-state index in [1.54, 1.807) is 36.4 Å². The summed E-state index contributed by atoms with van der Waals surface area (Å²) in [5, 5.41) is 1.12. The van der Waals surface area contributed by atoms with Gasteiger partial charge in [0.2, 0.25) is 5.78 Å². The minimum absolute atomic E-state index is 0.133. The normalized spacial score (nSPS) is 14.0. The molecule has 0 atom stereocenters. The van der Waals surface area contributed by atoms with Crippen LogP contribution in [0.2, 0.25) is 10.0 Å². The maximum Gasteiger partial charge on any atom is 0.231 e. The zero-order chi connectivity index (χ0) is 20.4. The second kappa shape index (κ2) is 8.32. The molecule has 0 aromatic heterocycles. The van der Waals surface area contributed by atoms with E-state index in [0.717, 1.165) is 17.5 Å². The van der Waals surface area contributed by atoms with E-state index in [1.165, 1.54) is 5.56 Å². The lowest BCUT2D eigenvalue weighted by Gasteiger charge is -2.09. The van der Waals surface area contributed by atoms with Crippen molar-refractivity contribution in [3.8, 4) is 11.5 Å². The number of benzene rings is 3. The van der Waals surface area contributed by atoms with Crippen LogP contribution < -0.4 is 9.47 Å². The van der Waals surface area contributed by atoms with Gasteiger partial charge in [0, 0.05) is 21.7 Å². The van der Waals surface area contributed by atoms with Crippen LogP contribution >= 0.6 is 23.2 Å². The topological polar surface area (TPSA) is 35.5 Å². The van der Waals surface area contributed by atoms with Gasteiger partial charge in [0.25, 0.3) is 0 Å². The summed E-state index contributed by atoms with van der Waals surface area (Å²) in [5.74, 6) is 1.26. The third-order valence-corrected chi connectivity index (χ3v) is 5.32. The number of rotatable bonds is 5. The lowest BCUT2D eigenvalue weighted by Crippen LogP contribution is -1.98. The highest BCUT2D eigenvalue weighted by atomic mass is 35.5. The Morgan fingerprint density at radius 2 is 1.79 bits per heavy atom. The molecule has 1 aliphatic heterocycles. The van der Waals surface area contributed by atoms with Gasteiger partial charge in [0.1, 0.15) is 18.1 Å². The molecule has 4 rings (SSSR count). The number of aryl methyl sites for hydroxylation is 1. The maximum absolute atomic E-state index is 12.6. The fraction of sp³-hybridized carbons (Fsp3) is 0.125. The monoisotopic (exact) mass is 424 g/mol. The molecule has 1 heterocycles. The SMILES string of the molecule is CCc1ccc(/C=C2\Oc3cc(OCc4ccc(Cl)cc4Cl)ccc3C2=O)cc1. The number of Topliss-reactive ketones (excluding diaryl/α,β-unsaturated/α-hetero) is 1. The van der Waals surface area contributed by atoms with Crippen molar-refractivity contribution in [2.24, 2.45) is 0 Å². The van der Waals surface area contributed by atoms with Crippen LogP contribution in [0.25, 0.3) is 6.08 Å². The molecular formula is C24H18Cl2O3. The van der Waals surface area contributed by atoms with E-state index in [4.69, 9.17) is 32.7 Å². The molecular weight excluding hydrogens is 407 g/mol. The first-order valence-corrected chi connectivity index (χ1v) is 10.0. The van der Waals surface area contributed by atoms with Crippen molar-refractivity contribution in [2.45, 2.75) is 20.0 Å². The number of carbonyl (C=O) groups is 1. The first-order chi connectivity index (χ1) is 14.0. The number of hydrogen-bond donors (Lipinski definition) is 0. The van der Waals surface area contributed by atoms with Crippen molar-refractivity contribution in [3.63, 3.8) is 0 Å². The summed E-state index contributed by atoms with van der Waals surface area (Å²) in [7, 11) is 0. The van der Waals surface area contributed by atoms with E-state index < -0.39 is 0 Å². The number of halogens is 2. The van der Waals surface area contributed by atoms with E-state index in [1.807, 2.05) is 30.3 Å². The fourth-order valence-corrected chi connectivity index (χ4v) is 3.52. The van der Waals surface area contributed by atoms with E-state index in [2.05, 4.69) is 6.92 Å². The van der Waals surface area contributed by atoms with Gasteiger partial charge in [0.15, 0.2) is 5.76 Å². The molecule has 1 aliphatic rings. The van der Waals surface area contributed by atoms with E-state index >= 15 is 0 Å². The largest absolute Gasteiger partial charge is 0.489 e. The molecule has 146 valence electrons. The van der Waals surface area contributed by atoms with E-state index in [9.17, 15) is 4.79 Å². The second-order valence-electron chi connectivity index (χ2n) is 6.72. The number of ether oxygens (including phenoxy) is 2. The molecule has 3 aromatic carbocycles. The summed E-state index contributed by atoms with van der Waals surface area (Å²) >= 11 is 12.1. The second-order valence-corrected chi connectivity index (χ2v) is 7.56. The molecule has 0 amide bonds. The summed E-state index contributed by atoms with van der Waals surface area (Å²) < 4.78 is 11.6. The van der Waals surface area contributed by atoms with Gasteiger partial charge in [-0.05, 0) is 47.9 Å². The lowest BCUT2D eigenvalue weighted by atomic mass is 10.1. The minimum atomic E-state index is -0.133. The van der Waals surface area contributed by atoms with Gasteiger partial charge in [-0.1, -0.05) is 60.5 Å². The smallest absolute Gasteiger partial charge is 0.231 e. The number of allylic oxidation sites excluding steroid dienone is 1. The molecule has 0 N–H and O–H groups in total. The average molecular weight is 425 g/mol. The van der Waals surface area contributed by atoms with Crippen molar-refractivity contribution < 1.29 is 14.3 Å². The van der Waals surface area contributed by atoms with Gasteiger partial charge in [-0.3, -0.25) is 4.79 Å². The highest BCUT2D eigenvalue weighted by Gasteiger charge is 2.27. The number of fused-ring (bicyclic) bond motifs is 1. The van der Waals surface area contributed by atoms with Crippen molar-refractivity contribution in [1.82, 2.24) is 0 Å². The Morgan fingerprint density at radius 3 is 2.52 bits per heavy atom. The van der Waals surface area contributed by atoms with Crippen LogP contribution in [0.5, 0.6) is 11.5 Å². The summed E-state index contributed by atoms with van der Waals surface area (Å²) in [5.41, 5.74) is 3.52. The zero-order valence-electron chi connectivity index (χ0n) is 15.7. The quantitative estimate of drug-likeness (QED) is 0.424. The summed E-state index contributed by atoms with van der Waals surface area (Å²) in [4.78, 5) is 12.6. The molecule has 0 saturated heterocycles. The predicted molar refractivity (Wildman–Crippen MR) is 116 cm³/mol. The summed E-state index contributed by atoms with van der Waals surface area (Å²) in [6.45, 7) is 2.39. The standard InChI is InChI=1S/C24H18Cl2O3/c1-2-15-3-5-16(6-4-15)11-23-24(27)20-10-9-19(13-22(20)29-23)28-14-17-7-8-18(25)12-21(17)26/h3-13H,2,14H2,1H3/b23-11-. The van der Waals surface area contributed by atoms with E-state index in [0.29, 0.717) is 32.9 Å². The molecule has 0 unspecified atom stereocenters. The van der Waals surface area contributed by atoms with Crippen LogP contribution in [0, 0.1) is 0 Å². The predicted octanol–water partition coefficient (Wildman–Crippen LogP) is 6.75. The van der Waals surface area contributed by atoms with Crippen LogP contribution in [-0.2, 0) is 13.0 Å². The van der Waals surface area contributed by atoms with Crippen LogP contribution in [0.4, 0.5) is 0 Å². The zero-order valence-corrected chi connectivity index (χ0v) is 17.3. The van der Waals surface area contributed by atoms with Crippen LogP contribution in [-0.4, -0.2) is 5.78 Å². The third kappa shape index (κ3) is 4.31. The molecule has 0 saturated carbocycles.